The number of nitrogens with zero attached hydrogens (tertiary/aromatic N) is 1. The molecule has 16 heavy (non-hydrogen) atoms. The Bertz CT molecular complexity index is 457. The first kappa shape index (κ1) is 10.8. The Hall–Kier alpha value is -1.70. The lowest BCUT2D eigenvalue weighted by Gasteiger charge is -2.08. The molecule has 2 aromatic rings. The molecule has 2 rings (SSSR count). The fraction of sp³-hybridized carbons (Fsp3) is 0.286. The van der Waals surface area contributed by atoms with Crippen LogP contribution in [-0.2, 0) is 20.0 Å². The number of anilines is 1. The van der Waals surface area contributed by atoms with Crippen molar-refractivity contribution < 1.29 is 0 Å². The zero-order chi connectivity index (χ0) is 11.4. The molecule has 1 N–H and O–H groups in total. The van der Waals surface area contributed by atoms with Crippen molar-refractivity contribution in [3.8, 4) is 0 Å². The van der Waals surface area contributed by atoms with Gasteiger partial charge in [0.1, 0.15) is 0 Å². The van der Waals surface area contributed by atoms with Crippen LogP contribution in [0, 0.1) is 0 Å². The van der Waals surface area contributed by atoms with Crippen molar-refractivity contribution in [2.24, 2.45) is 7.05 Å². The normalized spacial score (nSPS) is 10.4. The predicted molar refractivity (Wildman–Crippen MR) is 68.6 cm³/mol. The lowest BCUT2D eigenvalue weighted by molar-refractivity contribution is 0.842. The highest BCUT2D eigenvalue weighted by molar-refractivity contribution is 5.46. The van der Waals surface area contributed by atoms with Crippen LogP contribution in [0.3, 0.4) is 0 Å². The maximum Gasteiger partial charge on any atom is 0.0553 e. The molecule has 0 aliphatic heterocycles. The molecule has 0 saturated carbocycles. The van der Waals surface area contributed by atoms with Crippen molar-refractivity contribution in [1.29, 1.82) is 0 Å². The van der Waals surface area contributed by atoms with Crippen molar-refractivity contribution in [2.45, 2.75) is 19.9 Å². The van der Waals surface area contributed by atoms with Gasteiger partial charge in [0.15, 0.2) is 0 Å². The number of aryl methyl sites for hydroxylation is 2. The number of rotatable bonds is 4. The summed E-state index contributed by atoms with van der Waals surface area (Å²) in [7, 11) is 2.07. The van der Waals surface area contributed by atoms with Gasteiger partial charge in [-0.1, -0.05) is 19.1 Å². The second-order valence-electron chi connectivity index (χ2n) is 4.02. The van der Waals surface area contributed by atoms with Gasteiger partial charge >= 0.3 is 0 Å². The number of hydrogen-bond acceptors (Lipinski definition) is 1. The summed E-state index contributed by atoms with van der Waals surface area (Å²) < 4.78 is 2.14. The molecule has 2 heteroatoms. The van der Waals surface area contributed by atoms with Gasteiger partial charge in [0.25, 0.3) is 0 Å². The fourth-order valence-corrected chi connectivity index (χ4v) is 1.77. The quantitative estimate of drug-likeness (QED) is 0.827. The molecule has 0 fully saturated rings. The summed E-state index contributed by atoms with van der Waals surface area (Å²) in [5.41, 5.74) is 3.86. The van der Waals surface area contributed by atoms with Crippen LogP contribution in [0.4, 0.5) is 5.69 Å². The third-order valence-corrected chi connectivity index (χ3v) is 2.86. The lowest BCUT2D eigenvalue weighted by atomic mass is 10.1. The van der Waals surface area contributed by atoms with Gasteiger partial charge in [0.2, 0.25) is 0 Å². The Kier molecular flexibility index (Phi) is 3.30. The summed E-state index contributed by atoms with van der Waals surface area (Å²) in [6.45, 7) is 3.05. The maximum atomic E-state index is 3.44. The average molecular weight is 214 g/mol. The van der Waals surface area contributed by atoms with E-state index in [9.17, 15) is 0 Å². The molecular weight excluding hydrogens is 196 g/mol. The van der Waals surface area contributed by atoms with Gasteiger partial charge in [0.05, 0.1) is 6.54 Å². The summed E-state index contributed by atoms with van der Waals surface area (Å²) >= 11 is 0. The molecular formula is C14H18N2. The molecule has 0 aliphatic rings. The summed E-state index contributed by atoms with van der Waals surface area (Å²) in [6, 6.07) is 12.8. The van der Waals surface area contributed by atoms with Gasteiger partial charge in [-0.25, -0.2) is 0 Å². The Morgan fingerprint density at radius 1 is 1.19 bits per heavy atom. The molecule has 1 heterocycles. The minimum absolute atomic E-state index is 0.872. The van der Waals surface area contributed by atoms with E-state index in [1.165, 1.54) is 16.9 Å². The molecule has 2 nitrogen and oxygen atoms in total. The largest absolute Gasteiger partial charge is 0.379 e. The zero-order valence-electron chi connectivity index (χ0n) is 9.90. The van der Waals surface area contributed by atoms with Crippen LogP contribution in [0.15, 0.2) is 42.6 Å². The monoisotopic (exact) mass is 214 g/mol. The van der Waals surface area contributed by atoms with Crippen LogP contribution in [0.5, 0.6) is 0 Å². The highest BCUT2D eigenvalue weighted by Gasteiger charge is 1.97. The first-order chi connectivity index (χ1) is 7.79. The van der Waals surface area contributed by atoms with Gasteiger partial charge in [-0.05, 0) is 36.2 Å². The van der Waals surface area contributed by atoms with Crippen LogP contribution in [0.25, 0.3) is 0 Å². The molecule has 1 aromatic carbocycles. The Labute approximate surface area is 96.9 Å². The van der Waals surface area contributed by atoms with Gasteiger partial charge in [-0.3, -0.25) is 0 Å². The van der Waals surface area contributed by atoms with Crippen LogP contribution in [-0.4, -0.2) is 4.57 Å². The van der Waals surface area contributed by atoms with Crippen molar-refractivity contribution in [2.75, 3.05) is 5.32 Å². The maximum absolute atomic E-state index is 3.44. The Morgan fingerprint density at radius 3 is 2.75 bits per heavy atom. The van der Waals surface area contributed by atoms with Crippen molar-refractivity contribution >= 4 is 5.69 Å². The molecule has 0 aliphatic carbocycles. The van der Waals surface area contributed by atoms with Crippen molar-refractivity contribution in [1.82, 2.24) is 4.57 Å². The van der Waals surface area contributed by atoms with Gasteiger partial charge in [-0.15, -0.1) is 0 Å². The SMILES string of the molecule is CCc1cccc(NCc2cccn2C)c1. The number of hydrogen-bond donors (Lipinski definition) is 1. The molecule has 1 aromatic heterocycles. The molecule has 0 radical (unpaired) electrons. The van der Waals surface area contributed by atoms with E-state index in [1.807, 2.05) is 0 Å². The van der Waals surface area contributed by atoms with E-state index in [2.05, 4.69) is 66.5 Å². The highest BCUT2D eigenvalue weighted by Crippen LogP contribution is 2.12. The molecule has 0 atom stereocenters. The highest BCUT2D eigenvalue weighted by atomic mass is 15.0. The third-order valence-electron chi connectivity index (χ3n) is 2.86. The average Bonchev–Trinajstić information content (AvgIpc) is 2.72. The summed E-state index contributed by atoms with van der Waals surface area (Å²) in [6.07, 6.45) is 3.15. The van der Waals surface area contributed by atoms with Gasteiger partial charge in [-0.2, -0.15) is 0 Å². The molecule has 0 amide bonds. The second kappa shape index (κ2) is 4.88. The van der Waals surface area contributed by atoms with Crippen LogP contribution >= 0.6 is 0 Å². The first-order valence-corrected chi connectivity index (χ1v) is 5.72. The number of benzene rings is 1. The van der Waals surface area contributed by atoms with Crippen molar-refractivity contribution in [3.05, 3.63) is 53.9 Å². The van der Waals surface area contributed by atoms with Crippen LogP contribution in [0.1, 0.15) is 18.2 Å². The standard InChI is InChI=1S/C14H18N2/c1-3-12-6-4-7-13(10-12)15-11-14-8-5-9-16(14)2/h4-10,15H,3,11H2,1-2H3. The van der Waals surface area contributed by atoms with Crippen LogP contribution in [0.2, 0.25) is 0 Å². The minimum atomic E-state index is 0.872. The number of aromatic nitrogens is 1. The predicted octanol–water partition coefficient (Wildman–Crippen LogP) is 3.20. The molecule has 0 saturated heterocycles. The number of nitrogens with one attached hydrogen (secondary N) is 1. The van der Waals surface area contributed by atoms with E-state index >= 15 is 0 Å². The topological polar surface area (TPSA) is 17.0 Å². The Balaban J connectivity index is 2.02. The molecule has 0 spiro atoms. The fourth-order valence-electron chi connectivity index (χ4n) is 1.77. The summed E-state index contributed by atoms with van der Waals surface area (Å²) in [5.74, 6) is 0. The van der Waals surface area contributed by atoms with Gasteiger partial charge < -0.3 is 9.88 Å². The van der Waals surface area contributed by atoms with Crippen LogP contribution < -0.4 is 5.32 Å². The lowest BCUT2D eigenvalue weighted by Crippen LogP contribution is -2.04. The van der Waals surface area contributed by atoms with E-state index in [4.69, 9.17) is 0 Å². The zero-order valence-corrected chi connectivity index (χ0v) is 9.90. The molecule has 0 bridgehead atoms. The van der Waals surface area contributed by atoms with E-state index in [0.29, 0.717) is 0 Å². The van der Waals surface area contributed by atoms with E-state index in [1.54, 1.807) is 0 Å². The summed E-state index contributed by atoms with van der Waals surface area (Å²) in [4.78, 5) is 0. The third kappa shape index (κ3) is 2.45. The molecule has 0 unspecified atom stereocenters. The van der Waals surface area contributed by atoms with E-state index in [-0.39, 0.29) is 0 Å². The minimum Gasteiger partial charge on any atom is -0.379 e. The van der Waals surface area contributed by atoms with Gasteiger partial charge in [0, 0.05) is 24.6 Å². The Morgan fingerprint density at radius 2 is 2.06 bits per heavy atom. The van der Waals surface area contributed by atoms with E-state index < -0.39 is 0 Å². The first-order valence-electron chi connectivity index (χ1n) is 5.72. The van der Waals surface area contributed by atoms with E-state index in [0.717, 1.165) is 13.0 Å². The smallest absolute Gasteiger partial charge is 0.0553 e. The summed E-state index contributed by atoms with van der Waals surface area (Å²) in [5, 5.41) is 3.44. The van der Waals surface area contributed by atoms with Crippen molar-refractivity contribution in [3.63, 3.8) is 0 Å². The second-order valence-corrected chi connectivity index (χ2v) is 4.02. The molecule has 84 valence electrons.